The van der Waals surface area contributed by atoms with Gasteiger partial charge in [0, 0.05) is 13.7 Å². The highest BCUT2D eigenvalue weighted by atomic mass is 16.7. The molecule has 2 unspecified atom stereocenters. The molecule has 1 aliphatic heterocycles. The number of methoxy groups -OCH3 is 1. The van der Waals surface area contributed by atoms with Crippen molar-refractivity contribution in [3.8, 4) is 0 Å². The Balaban J connectivity index is 0.000000885. The Labute approximate surface area is 126 Å². The van der Waals surface area contributed by atoms with Gasteiger partial charge in [0.15, 0.2) is 5.79 Å². The lowest BCUT2D eigenvalue weighted by Gasteiger charge is -2.63. The van der Waals surface area contributed by atoms with Crippen molar-refractivity contribution in [3.63, 3.8) is 0 Å². The molecule has 1 saturated heterocycles. The monoisotopic (exact) mass is 310 g/mol. The molecule has 0 saturated carbocycles. The minimum absolute atomic E-state index is 0.623. The molecule has 1 aliphatic rings. The Bertz CT molecular complexity index is 347. The minimum atomic E-state index is -2.11. The summed E-state index contributed by atoms with van der Waals surface area (Å²) in [5, 5.41) is 50.4. The fourth-order valence-electron chi connectivity index (χ4n) is 2.26. The van der Waals surface area contributed by atoms with Gasteiger partial charge in [-0.3, -0.25) is 0 Å². The lowest BCUT2D eigenvalue weighted by atomic mass is 9.61. The van der Waals surface area contributed by atoms with E-state index in [0.29, 0.717) is 0 Å². The molecule has 5 N–H and O–H groups in total. The van der Waals surface area contributed by atoms with E-state index in [1.165, 1.54) is 34.6 Å². The fourth-order valence-corrected chi connectivity index (χ4v) is 2.26. The lowest BCUT2D eigenvalue weighted by molar-refractivity contribution is -0.449. The molecule has 5 atom stereocenters. The molecule has 128 valence electrons. The summed E-state index contributed by atoms with van der Waals surface area (Å²) in [5.74, 6) is -2.11. The number of hydrogen-bond acceptors (Lipinski definition) is 7. The van der Waals surface area contributed by atoms with E-state index in [1.807, 2.05) is 6.92 Å². The molecule has 1 heterocycles. The van der Waals surface area contributed by atoms with E-state index in [4.69, 9.17) is 4.74 Å². The Morgan fingerprint density at radius 1 is 0.857 bits per heavy atom. The van der Waals surface area contributed by atoms with Crippen molar-refractivity contribution in [2.24, 2.45) is 0 Å². The summed E-state index contributed by atoms with van der Waals surface area (Å²) < 4.78 is 9.76. The molecule has 0 aromatic heterocycles. The Kier molecular flexibility index (Phi) is 6.00. The minimum Gasteiger partial charge on any atom is -0.393 e. The van der Waals surface area contributed by atoms with Crippen LogP contribution in [0, 0.1) is 0 Å². The van der Waals surface area contributed by atoms with Gasteiger partial charge in [-0.1, -0.05) is 0 Å². The topological polar surface area (TPSA) is 120 Å². The normalized spacial score (nSPS) is 50.3. The van der Waals surface area contributed by atoms with Crippen molar-refractivity contribution in [1.82, 2.24) is 0 Å². The molecule has 0 aliphatic carbocycles. The van der Waals surface area contributed by atoms with Gasteiger partial charge < -0.3 is 35.0 Å². The van der Waals surface area contributed by atoms with Crippen LogP contribution in [0.1, 0.15) is 41.5 Å². The zero-order valence-corrected chi connectivity index (χ0v) is 14.0. The average Bonchev–Trinajstić information content (AvgIpc) is 2.36. The van der Waals surface area contributed by atoms with E-state index in [2.05, 4.69) is 4.74 Å². The predicted molar refractivity (Wildman–Crippen MR) is 76.6 cm³/mol. The maximum Gasteiger partial charge on any atom is 0.195 e. The second-order valence-corrected chi connectivity index (χ2v) is 6.27. The summed E-state index contributed by atoms with van der Waals surface area (Å²) >= 11 is 0. The summed E-state index contributed by atoms with van der Waals surface area (Å²) in [6.07, 6.45) is 0. The maximum atomic E-state index is 10.4. The SMILES string of the molecule is CC1(CO)O[C@](C)(O)[C@](C)(O)C(C)(O)[C@@]1(C)O.CCOC. The van der Waals surface area contributed by atoms with E-state index in [-0.39, 0.29) is 0 Å². The van der Waals surface area contributed by atoms with Crippen LogP contribution in [0.15, 0.2) is 0 Å². The van der Waals surface area contributed by atoms with E-state index in [0.717, 1.165) is 6.61 Å². The van der Waals surface area contributed by atoms with Crippen LogP contribution in [0.2, 0.25) is 0 Å². The van der Waals surface area contributed by atoms with Crippen LogP contribution < -0.4 is 0 Å². The molecule has 1 rings (SSSR count). The number of aliphatic hydroxyl groups is 5. The summed E-state index contributed by atoms with van der Waals surface area (Å²) in [6.45, 7) is 8.28. The maximum absolute atomic E-state index is 10.4. The summed E-state index contributed by atoms with van der Waals surface area (Å²) in [6, 6.07) is 0. The van der Waals surface area contributed by atoms with Crippen LogP contribution in [0.4, 0.5) is 0 Å². The third-order valence-corrected chi connectivity index (χ3v) is 4.84. The van der Waals surface area contributed by atoms with Crippen molar-refractivity contribution in [1.29, 1.82) is 0 Å². The highest BCUT2D eigenvalue weighted by Gasteiger charge is 2.73. The molecule has 0 amide bonds. The molecule has 0 bridgehead atoms. The number of aliphatic hydroxyl groups excluding tert-OH is 1. The second-order valence-electron chi connectivity index (χ2n) is 6.27. The Morgan fingerprint density at radius 2 is 1.24 bits per heavy atom. The van der Waals surface area contributed by atoms with Gasteiger partial charge in [0.05, 0.1) is 6.61 Å². The second kappa shape index (κ2) is 6.08. The van der Waals surface area contributed by atoms with Gasteiger partial charge in [-0.2, -0.15) is 0 Å². The first-order valence-corrected chi connectivity index (χ1v) is 6.88. The standard InChI is InChI=1S/C11H22O6.C3H8O/c1-7(6-12)8(2,13)9(3,14)10(4,15)11(5,16)17-7;1-3-4-2/h12-16H,6H2,1-5H3;3H2,1-2H3/t7?,8-,9?,10+,11-;/m0./s1. The number of rotatable bonds is 2. The van der Waals surface area contributed by atoms with E-state index in [1.54, 1.807) is 7.11 Å². The molecule has 0 radical (unpaired) electrons. The molecule has 1 fully saturated rings. The summed E-state index contributed by atoms with van der Waals surface area (Å²) in [4.78, 5) is 0. The van der Waals surface area contributed by atoms with Crippen molar-refractivity contribution in [3.05, 3.63) is 0 Å². The molecule has 21 heavy (non-hydrogen) atoms. The number of ether oxygens (including phenoxy) is 2. The van der Waals surface area contributed by atoms with Gasteiger partial charge >= 0.3 is 0 Å². The fraction of sp³-hybridized carbons (Fsp3) is 1.00. The highest BCUT2D eigenvalue weighted by Crippen LogP contribution is 2.52. The van der Waals surface area contributed by atoms with Crippen molar-refractivity contribution in [2.45, 2.75) is 69.7 Å². The average molecular weight is 310 g/mol. The van der Waals surface area contributed by atoms with E-state index >= 15 is 0 Å². The van der Waals surface area contributed by atoms with Crippen LogP contribution in [0.5, 0.6) is 0 Å². The molecule has 0 spiro atoms. The zero-order valence-electron chi connectivity index (χ0n) is 14.0. The van der Waals surface area contributed by atoms with Gasteiger partial charge in [0.2, 0.25) is 0 Å². The van der Waals surface area contributed by atoms with E-state index < -0.39 is 34.8 Å². The Hall–Kier alpha value is -0.280. The van der Waals surface area contributed by atoms with Crippen LogP contribution in [0.25, 0.3) is 0 Å². The lowest BCUT2D eigenvalue weighted by Crippen LogP contribution is -2.84. The molecular weight excluding hydrogens is 280 g/mol. The van der Waals surface area contributed by atoms with Gasteiger partial charge in [-0.15, -0.1) is 0 Å². The van der Waals surface area contributed by atoms with Gasteiger partial charge in [-0.25, -0.2) is 0 Å². The quantitative estimate of drug-likeness (QED) is 0.461. The third-order valence-electron chi connectivity index (χ3n) is 4.84. The van der Waals surface area contributed by atoms with Crippen LogP contribution >= 0.6 is 0 Å². The summed E-state index contributed by atoms with van der Waals surface area (Å²) in [7, 11) is 1.68. The van der Waals surface area contributed by atoms with Gasteiger partial charge in [0.1, 0.15) is 22.4 Å². The van der Waals surface area contributed by atoms with Crippen LogP contribution in [-0.2, 0) is 9.47 Å². The predicted octanol–water partition coefficient (Wildman–Crippen LogP) is -0.618. The van der Waals surface area contributed by atoms with Crippen LogP contribution in [0.3, 0.4) is 0 Å². The highest BCUT2D eigenvalue weighted by molar-refractivity contribution is 5.21. The molecule has 0 aromatic carbocycles. The van der Waals surface area contributed by atoms with Crippen molar-refractivity contribution < 1.29 is 35.0 Å². The first kappa shape index (κ1) is 20.7. The first-order valence-electron chi connectivity index (χ1n) is 6.88. The van der Waals surface area contributed by atoms with Crippen molar-refractivity contribution in [2.75, 3.05) is 20.3 Å². The third kappa shape index (κ3) is 2.96. The van der Waals surface area contributed by atoms with E-state index in [9.17, 15) is 25.5 Å². The van der Waals surface area contributed by atoms with Crippen molar-refractivity contribution >= 4 is 0 Å². The molecule has 7 heteroatoms. The summed E-state index contributed by atoms with van der Waals surface area (Å²) in [5.41, 5.74) is -7.76. The van der Waals surface area contributed by atoms with Crippen LogP contribution in [-0.4, -0.2) is 74.0 Å². The smallest absolute Gasteiger partial charge is 0.195 e. The molecular formula is C14H30O7. The zero-order chi connectivity index (χ0) is 17.3. The molecule has 0 aromatic rings. The number of hydrogen-bond donors (Lipinski definition) is 5. The van der Waals surface area contributed by atoms with Gasteiger partial charge in [-0.05, 0) is 41.5 Å². The Morgan fingerprint density at radius 3 is 1.52 bits per heavy atom. The first-order chi connectivity index (χ1) is 9.18. The van der Waals surface area contributed by atoms with Gasteiger partial charge in [0.25, 0.3) is 0 Å². The largest absolute Gasteiger partial charge is 0.393 e. The molecule has 7 nitrogen and oxygen atoms in total.